The summed E-state index contributed by atoms with van der Waals surface area (Å²) in [5.74, 6) is 1.36. The molecule has 0 fully saturated rings. The predicted molar refractivity (Wildman–Crippen MR) is 63.1 cm³/mol. The average Bonchev–Trinajstić information content (AvgIpc) is 2.88. The Morgan fingerprint density at radius 1 is 1.17 bits per heavy atom. The van der Waals surface area contributed by atoms with Crippen LogP contribution in [0.2, 0.25) is 0 Å². The van der Waals surface area contributed by atoms with E-state index >= 15 is 0 Å². The van der Waals surface area contributed by atoms with Gasteiger partial charge < -0.3 is 14.0 Å². The first-order valence-corrected chi connectivity index (χ1v) is 5.68. The summed E-state index contributed by atoms with van der Waals surface area (Å²) in [4.78, 5) is 10.9. The number of ether oxygens (including phenoxy) is 2. The Morgan fingerprint density at radius 3 is 2.67 bits per heavy atom. The van der Waals surface area contributed by atoms with Crippen LogP contribution in [0.1, 0.15) is 10.6 Å². The second-order valence-corrected chi connectivity index (χ2v) is 4.05. The van der Waals surface area contributed by atoms with Gasteiger partial charge in [0.15, 0.2) is 11.5 Å². The Kier molecular flexibility index (Phi) is 2.68. The summed E-state index contributed by atoms with van der Waals surface area (Å²) in [6.07, 6.45) is 0. The molecule has 0 bridgehead atoms. The van der Waals surface area contributed by atoms with Crippen LogP contribution >= 0.6 is 11.6 Å². The molecule has 0 radical (unpaired) electrons. The molecule has 0 N–H and O–H groups in total. The smallest absolute Gasteiger partial charge is 0.290 e. The molecule has 1 aliphatic rings. The third kappa shape index (κ3) is 1.93. The molecule has 2 aromatic rings. The zero-order valence-electron chi connectivity index (χ0n) is 9.18. The molecule has 6 heteroatoms. The minimum absolute atomic E-state index is 0.0153. The standard InChI is InChI=1S/C12H8ClNO4/c13-12(15)11-6-8(14-18-11)7-1-2-9-10(5-7)17-4-3-16-9/h1-2,5-6H,3-4H2. The summed E-state index contributed by atoms with van der Waals surface area (Å²) >= 11 is 5.30. The van der Waals surface area contributed by atoms with E-state index in [1.807, 2.05) is 6.07 Å². The topological polar surface area (TPSA) is 61.6 Å². The van der Waals surface area contributed by atoms with Crippen molar-refractivity contribution < 1.29 is 18.8 Å². The maximum absolute atomic E-state index is 10.9. The lowest BCUT2D eigenvalue weighted by Gasteiger charge is -2.18. The van der Waals surface area contributed by atoms with E-state index < -0.39 is 5.24 Å². The van der Waals surface area contributed by atoms with Gasteiger partial charge in [-0.15, -0.1) is 0 Å². The van der Waals surface area contributed by atoms with Crippen LogP contribution in [0.25, 0.3) is 11.3 Å². The molecular formula is C12H8ClNO4. The van der Waals surface area contributed by atoms with Crippen molar-refractivity contribution in [2.45, 2.75) is 0 Å². The van der Waals surface area contributed by atoms with Crippen molar-refractivity contribution in [3.8, 4) is 22.8 Å². The molecule has 92 valence electrons. The van der Waals surface area contributed by atoms with Gasteiger partial charge in [-0.25, -0.2) is 0 Å². The minimum atomic E-state index is -0.675. The van der Waals surface area contributed by atoms with Crippen LogP contribution in [-0.4, -0.2) is 23.6 Å². The quantitative estimate of drug-likeness (QED) is 0.781. The number of carbonyl (C=O) groups is 1. The van der Waals surface area contributed by atoms with Crippen molar-refractivity contribution in [3.05, 3.63) is 30.0 Å². The van der Waals surface area contributed by atoms with Crippen LogP contribution in [-0.2, 0) is 0 Å². The van der Waals surface area contributed by atoms with E-state index in [-0.39, 0.29) is 5.76 Å². The van der Waals surface area contributed by atoms with E-state index in [0.29, 0.717) is 30.4 Å². The van der Waals surface area contributed by atoms with Gasteiger partial charge in [-0.3, -0.25) is 4.79 Å². The van der Waals surface area contributed by atoms with Crippen molar-refractivity contribution >= 4 is 16.8 Å². The van der Waals surface area contributed by atoms with Crippen molar-refractivity contribution in [2.75, 3.05) is 13.2 Å². The number of benzene rings is 1. The first-order valence-electron chi connectivity index (χ1n) is 5.30. The molecule has 1 aromatic carbocycles. The molecule has 5 nitrogen and oxygen atoms in total. The fourth-order valence-corrected chi connectivity index (χ4v) is 1.80. The zero-order chi connectivity index (χ0) is 12.5. The average molecular weight is 266 g/mol. The highest BCUT2D eigenvalue weighted by Crippen LogP contribution is 2.34. The van der Waals surface area contributed by atoms with Gasteiger partial charge in [-0.1, -0.05) is 5.16 Å². The van der Waals surface area contributed by atoms with E-state index in [9.17, 15) is 4.79 Å². The van der Waals surface area contributed by atoms with Crippen molar-refractivity contribution in [1.82, 2.24) is 5.16 Å². The van der Waals surface area contributed by atoms with Gasteiger partial charge in [0, 0.05) is 11.6 Å². The molecule has 0 spiro atoms. The highest BCUT2D eigenvalue weighted by Gasteiger charge is 2.15. The normalized spacial score (nSPS) is 13.4. The van der Waals surface area contributed by atoms with Gasteiger partial charge in [0.2, 0.25) is 5.76 Å². The first-order chi connectivity index (χ1) is 8.74. The second kappa shape index (κ2) is 4.34. The lowest BCUT2D eigenvalue weighted by Crippen LogP contribution is -2.15. The third-order valence-corrected chi connectivity index (χ3v) is 2.73. The molecule has 18 heavy (non-hydrogen) atoms. The number of halogens is 1. The Hall–Kier alpha value is -2.01. The Morgan fingerprint density at radius 2 is 1.94 bits per heavy atom. The van der Waals surface area contributed by atoms with Gasteiger partial charge in [0.05, 0.1) is 0 Å². The molecule has 1 aliphatic heterocycles. The van der Waals surface area contributed by atoms with E-state index in [4.69, 9.17) is 25.6 Å². The molecule has 0 unspecified atom stereocenters. The summed E-state index contributed by atoms with van der Waals surface area (Å²) in [6.45, 7) is 1.06. The van der Waals surface area contributed by atoms with Crippen molar-refractivity contribution in [1.29, 1.82) is 0 Å². The number of carbonyl (C=O) groups excluding carboxylic acids is 1. The van der Waals surface area contributed by atoms with Crippen molar-refractivity contribution in [3.63, 3.8) is 0 Å². The Balaban J connectivity index is 1.98. The number of nitrogens with zero attached hydrogens (tertiary/aromatic N) is 1. The van der Waals surface area contributed by atoms with E-state index in [1.54, 1.807) is 12.1 Å². The molecule has 1 aromatic heterocycles. The van der Waals surface area contributed by atoms with Crippen LogP contribution in [0.3, 0.4) is 0 Å². The van der Waals surface area contributed by atoms with Crippen LogP contribution < -0.4 is 9.47 Å². The number of hydrogen-bond acceptors (Lipinski definition) is 5. The highest BCUT2D eigenvalue weighted by molar-refractivity contribution is 6.67. The van der Waals surface area contributed by atoms with Gasteiger partial charge in [0.25, 0.3) is 5.24 Å². The maximum atomic E-state index is 10.9. The SMILES string of the molecule is O=C(Cl)c1cc(-c2ccc3c(c2)OCCO3)no1. The van der Waals surface area contributed by atoms with Crippen LogP contribution in [0.5, 0.6) is 11.5 Å². The van der Waals surface area contributed by atoms with Gasteiger partial charge in [0.1, 0.15) is 18.9 Å². The lowest BCUT2D eigenvalue weighted by molar-refractivity contribution is 0.104. The van der Waals surface area contributed by atoms with E-state index in [1.165, 1.54) is 6.07 Å². The fraction of sp³-hybridized carbons (Fsp3) is 0.167. The van der Waals surface area contributed by atoms with Gasteiger partial charge >= 0.3 is 0 Å². The maximum Gasteiger partial charge on any atom is 0.290 e. The predicted octanol–water partition coefficient (Wildman–Crippen LogP) is 2.49. The van der Waals surface area contributed by atoms with Crippen LogP contribution in [0.4, 0.5) is 0 Å². The molecule has 0 saturated heterocycles. The molecule has 0 atom stereocenters. The molecule has 3 rings (SSSR count). The minimum Gasteiger partial charge on any atom is -0.486 e. The zero-order valence-corrected chi connectivity index (χ0v) is 9.94. The summed E-state index contributed by atoms with van der Waals surface area (Å²) in [5, 5.41) is 3.11. The number of hydrogen-bond donors (Lipinski definition) is 0. The monoisotopic (exact) mass is 265 g/mol. The highest BCUT2D eigenvalue weighted by atomic mass is 35.5. The van der Waals surface area contributed by atoms with Gasteiger partial charge in [-0.05, 0) is 29.8 Å². The van der Waals surface area contributed by atoms with E-state index in [2.05, 4.69) is 5.16 Å². The Bertz CT molecular complexity index is 608. The summed E-state index contributed by atoms with van der Waals surface area (Å²) in [5.41, 5.74) is 1.29. The largest absolute Gasteiger partial charge is 0.486 e. The fourth-order valence-electron chi connectivity index (χ4n) is 1.71. The molecule has 2 heterocycles. The van der Waals surface area contributed by atoms with Gasteiger partial charge in [-0.2, -0.15) is 0 Å². The van der Waals surface area contributed by atoms with Crippen LogP contribution in [0.15, 0.2) is 28.8 Å². The first kappa shape index (κ1) is 11.1. The second-order valence-electron chi connectivity index (χ2n) is 3.71. The van der Waals surface area contributed by atoms with Crippen molar-refractivity contribution in [2.24, 2.45) is 0 Å². The van der Waals surface area contributed by atoms with E-state index in [0.717, 1.165) is 5.56 Å². The van der Waals surface area contributed by atoms with Crippen LogP contribution in [0, 0.1) is 0 Å². The number of fused-ring (bicyclic) bond motifs is 1. The third-order valence-electron chi connectivity index (χ3n) is 2.54. The molecular weight excluding hydrogens is 258 g/mol. The molecule has 0 amide bonds. The molecule has 0 saturated carbocycles. The lowest BCUT2D eigenvalue weighted by atomic mass is 10.1. The number of aromatic nitrogens is 1. The number of rotatable bonds is 2. The summed E-state index contributed by atoms with van der Waals surface area (Å²) < 4.78 is 15.7. The molecule has 0 aliphatic carbocycles. The Labute approximate surface area is 107 Å². The summed E-state index contributed by atoms with van der Waals surface area (Å²) in [6, 6.07) is 6.88. The summed E-state index contributed by atoms with van der Waals surface area (Å²) in [7, 11) is 0.